The summed E-state index contributed by atoms with van der Waals surface area (Å²) >= 11 is 8.96. The van der Waals surface area contributed by atoms with E-state index in [0.717, 1.165) is 0 Å². The zero-order valence-electron chi connectivity index (χ0n) is 8.45. The largest absolute Gasteiger partial charge is 0.436 e. The van der Waals surface area contributed by atoms with Gasteiger partial charge in [0.25, 0.3) is 0 Å². The summed E-state index contributed by atoms with van der Waals surface area (Å²) in [4.78, 5) is 3.91. The minimum Gasteiger partial charge on any atom is -0.436 e. The van der Waals surface area contributed by atoms with Crippen molar-refractivity contribution < 1.29 is 9.13 Å². The maximum absolute atomic E-state index is 13.1. The zero-order valence-corrected chi connectivity index (χ0v) is 10.8. The van der Waals surface area contributed by atoms with Gasteiger partial charge in [-0.2, -0.15) is 4.98 Å². The fraction of sp³-hybridized carbons (Fsp3) is 0. The normalized spacial score (nSPS) is 10.3. The Morgan fingerprint density at radius 1 is 1.29 bits per heavy atom. The molecule has 0 saturated carbocycles. The summed E-state index contributed by atoms with van der Waals surface area (Å²) in [6.45, 7) is 0. The summed E-state index contributed by atoms with van der Waals surface area (Å²) in [6.07, 6.45) is 0. The molecule has 2 aromatic rings. The summed E-state index contributed by atoms with van der Waals surface area (Å²) in [5.41, 5.74) is 5.99. The first-order valence-corrected chi connectivity index (χ1v) is 5.78. The van der Waals surface area contributed by atoms with Crippen LogP contribution in [0.3, 0.4) is 0 Å². The lowest BCUT2D eigenvalue weighted by Crippen LogP contribution is -1.96. The highest BCUT2D eigenvalue weighted by molar-refractivity contribution is 9.10. The van der Waals surface area contributed by atoms with Gasteiger partial charge in [-0.05, 0) is 40.2 Å². The highest BCUT2D eigenvalue weighted by atomic mass is 79.9. The van der Waals surface area contributed by atoms with Crippen molar-refractivity contribution in [3.8, 4) is 11.6 Å². The smallest absolute Gasteiger partial charge is 0.244 e. The lowest BCUT2D eigenvalue weighted by Gasteiger charge is -2.09. The molecule has 2 N–H and O–H groups in total. The molecule has 0 aliphatic rings. The predicted molar refractivity (Wildman–Crippen MR) is 67.8 cm³/mol. The van der Waals surface area contributed by atoms with Gasteiger partial charge in [-0.1, -0.05) is 11.6 Å². The Morgan fingerprint density at radius 3 is 2.82 bits per heavy atom. The highest BCUT2D eigenvalue weighted by Gasteiger charge is 2.09. The number of nitrogens with zero attached hydrogens (tertiary/aromatic N) is 1. The summed E-state index contributed by atoms with van der Waals surface area (Å²) in [5, 5.41) is 0.252. The van der Waals surface area contributed by atoms with Crippen LogP contribution in [0.15, 0.2) is 34.8 Å². The van der Waals surface area contributed by atoms with Gasteiger partial charge in [-0.15, -0.1) is 0 Å². The third-order valence-corrected chi connectivity index (χ3v) is 2.82. The number of halogens is 3. The van der Waals surface area contributed by atoms with Crippen LogP contribution in [0.25, 0.3) is 0 Å². The highest BCUT2D eigenvalue weighted by Crippen LogP contribution is 2.32. The van der Waals surface area contributed by atoms with E-state index in [-0.39, 0.29) is 16.8 Å². The number of pyridine rings is 1. The second kappa shape index (κ2) is 4.89. The molecule has 3 nitrogen and oxygen atoms in total. The first-order valence-electron chi connectivity index (χ1n) is 4.61. The Hall–Kier alpha value is -1.33. The van der Waals surface area contributed by atoms with Crippen molar-refractivity contribution >= 4 is 33.2 Å². The van der Waals surface area contributed by atoms with E-state index in [0.29, 0.717) is 10.2 Å². The van der Waals surface area contributed by atoms with Gasteiger partial charge in [0, 0.05) is 6.07 Å². The Kier molecular flexibility index (Phi) is 3.49. The molecule has 0 bridgehead atoms. The number of hydrogen-bond donors (Lipinski definition) is 1. The second-order valence-corrected chi connectivity index (χ2v) is 4.45. The van der Waals surface area contributed by atoms with E-state index in [1.54, 1.807) is 12.1 Å². The molecule has 88 valence electrons. The molecule has 0 aliphatic carbocycles. The van der Waals surface area contributed by atoms with E-state index in [1.807, 2.05) is 0 Å². The van der Waals surface area contributed by atoms with Gasteiger partial charge < -0.3 is 10.5 Å². The lowest BCUT2D eigenvalue weighted by atomic mass is 10.3. The average Bonchev–Trinajstić information content (AvgIpc) is 2.28. The molecular formula is C11H7BrClFN2O. The van der Waals surface area contributed by atoms with Gasteiger partial charge in [-0.3, -0.25) is 0 Å². The average molecular weight is 318 g/mol. The zero-order chi connectivity index (χ0) is 12.4. The number of hydrogen-bond acceptors (Lipinski definition) is 3. The molecule has 17 heavy (non-hydrogen) atoms. The van der Waals surface area contributed by atoms with E-state index in [1.165, 1.54) is 18.2 Å². The Morgan fingerprint density at radius 2 is 2.06 bits per heavy atom. The number of benzene rings is 1. The molecule has 6 heteroatoms. The standard InChI is InChI=1S/C11H7BrClFN2O/c12-7-2-1-6(14)5-9(7)17-11-8(15)3-4-10(13)16-11/h1-5H,15H2. The van der Waals surface area contributed by atoms with Crippen LogP contribution in [-0.4, -0.2) is 4.98 Å². The topological polar surface area (TPSA) is 48.1 Å². The lowest BCUT2D eigenvalue weighted by molar-refractivity contribution is 0.458. The molecule has 0 fully saturated rings. The number of rotatable bonds is 2. The minimum atomic E-state index is -0.413. The van der Waals surface area contributed by atoms with Crippen LogP contribution in [0.4, 0.5) is 10.1 Å². The molecule has 1 aromatic carbocycles. The van der Waals surface area contributed by atoms with Crippen molar-refractivity contribution in [2.75, 3.05) is 5.73 Å². The van der Waals surface area contributed by atoms with Crippen molar-refractivity contribution in [3.63, 3.8) is 0 Å². The van der Waals surface area contributed by atoms with Crippen LogP contribution in [0.5, 0.6) is 11.6 Å². The van der Waals surface area contributed by atoms with Crippen LogP contribution in [0.1, 0.15) is 0 Å². The monoisotopic (exact) mass is 316 g/mol. The molecule has 0 aliphatic heterocycles. The molecule has 0 saturated heterocycles. The van der Waals surface area contributed by atoms with Gasteiger partial charge in [0.15, 0.2) is 0 Å². The molecule has 0 atom stereocenters. The number of aromatic nitrogens is 1. The quantitative estimate of drug-likeness (QED) is 0.851. The fourth-order valence-electron chi connectivity index (χ4n) is 1.17. The van der Waals surface area contributed by atoms with Crippen molar-refractivity contribution in [1.82, 2.24) is 4.98 Å². The third kappa shape index (κ3) is 2.87. The fourth-order valence-corrected chi connectivity index (χ4v) is 1.64. The molecule has 0 spiro atoms. The first kappa shape index (κ1) is 12.1. The molecule has 0 unspecified atom stereocenters. The predicted octanol–water partition coefficient (Wildman–Crippen LogP) is 4.01. The van der Waals surface area contributed by atoms with Crippen LogP contribution in [-0.2, 0) is 0 Å². The maximum Gasteiger partial charge on any atom is 0.244 e. The van der Waals surface area contributed by atoms with E-state index < -0.39 is 5.82 Å². The first-order chi connectivity index (χ1) is 8.06. The summed E-state index contributed by atoms with van der Waals surface area (Å²) in [7, 11) is 0. The van der Waals surface area contributed by atoms with E-state index >= 15 is 0 Å². The SMILES string of the molecule is Nc1ccc(Cl)nc1Oc1cc(F)ccc1Br. The van der Waals surface area contributed by atoms with E-state index in [9.17, 15) is 4.39 Å². The number of anilines is 1. The Balaban J connectivity index is 2.37. The Labute approximate surface area is 110 Å². The van der Waals surface area contributed by atoms with Crippen LogP contribution in [0.2, 0.25) is 5.15 Å². The minimum absolute atomic E-state index is 0.142. The van der Waals surface area contributed by atoms with Gasteiger partial charge >= 0.3 is 0 Å². The molecule has 2 rings (SSSR count). The summed E-state index contributed by atoms with van der Waals surface area (Å²) < 4.78 is 19.0. The van der Waals surface area contributed by atoms with E-state index in [4.69, 9.17) is 22.1 Å². The molecule has 0 radical (unpaired) electrons. The van der Waals surface area contributed by atoms with Crippen molar-refractivity contribution in [2.24, 2.45) is 0 Å². The van der Waals surface area contributed by atoms with Crippen LogP contribution in [0, 0.1) is 5.82 Å². The van der Waals surface area contributed by atoms with Crippen molar-refractivity contribution in [1.29, 1.82) is 0 Å². The molecule has 0 amide bonds. The van der Waals surface area contributed by atoms with Crippen molar-refractivity contribution in [3.05, 3.63) is 45.8 Å². The maximum atomic E-state index is 13.1. The van der Waals surface area contributed by atoms with Crippen LogP contribution < -0.4 is 10.5 Å². The summed E-state index contributed by atoms with van der Waals surface area (Å²) in [6, 6.07) is 7.19. The van der Waals surface area contributed by atoms with E-state index in [2.05, 4.69) is 20.9 Å². The number of nitrogen functional groups attached to an aromatic ring is 1. The Bertz CT molecular complexity index is 516. The van der Waals surface area contributed by atoms with Gasteiger partial charge in [0.1, 0.15) is 16.7 Å². The van der Waals surface area contributed by atoms with Crippen molar-refractivity contribution in [2.45, 2.75) is 0 Å². The van der Waals surface area contributed by atoms with Gasteiger partial charge in [0.05, 0.1) is 10.2 Å². The summed E-state index contributed by atoms with van der Waals surface area (Å²) in [5.74, 6) is 0.0130. The van der Waals surface area contributed by atoms with Gasteiger partial charge in [-0.25, -0.2) is 4.39 Å². The second-order valence-electron chi connectivity index (χ2n) is 3.21. The number of ether oxygens (including phenoxy) is 1. The molecule has 1 heterocycles. The third-order valence-electron chi connectivity index (χ3n) is 1.96. The molecule has 1 aromatic heterocycles. The number of nitrogens with two attached hydrogens (primary N) is 1. The van der Waals surface area contributed by atoms with Gasteiger partial charge in [0.2, 0.25) is 5.88 Å². The molecular weight excluding hydrogens is 310 g/mol. The van der Waals surface area contributed by atoms with Crippen LogP contribution >= 0.6 is 27.5 Å².